The summed E-state index contributed by atoms with van der Waals surface area (Å²) in [5.74, 6) is -1.00. The third-order valence-corrected chi connectivity index (χ3v) is 9.52. The number of unbranched alkanes of at least 4 members (excludes halogenated alkanes) is 19. The van der Waals surface area contributed by atoms with Gasteiger partial charge in [0.25, 0.3) is 0 Å². The Balaban J connectivity index is 4.32. The SMILES string of the molecule is CC/C=C\C/C=C\C/C=C\C/C=C\CCC(=O)OC(COC(=O)CCCCCCCC)COC(=O)CCCCCCCCC/C=C\CCCCCCCCC. The van der Waals surface area contributed by atoms with Crippen LogP contribution >= 0.6 is 0 Å². The Morgan fingerprint density at radius 2 is 0.745 bits per heavy atom. The average molecular weight is 769 g/mol. The van der Waals surface area contributed by atoms with Gasteiger partial charge in [0, 0.05) is 19.3 Å². The maximum absolute atomic E-state index is 12.6. The maximum Gasteiger partial charge on any atom is 0.306 e. The average Bonchev–Trinajstić information content (AvgIpc) is 3.18. The lowest BCUT2D eigenvalue weighted by molar-refractivity contribution is -0.166. The molecule has 0 fully saturated rings. The highest BCUT2D eigenvalue weighted by atomic mass is 16.6. The van der Waals surface area contributed by atoms with Crippen molar-refractivity contribution >= 4 is 17.9 Å². The van der Waals surface area contributed by atoms with E-state index in [1.807, 2.05) is 12.2 Å². The summed E-state index contributed by atoms with van der Waals surface area (Å²) in [6, 6.07) is 0. The second kappa shape index (κ2) is 43.8. The van der Waals surface area contributed by atoms with Gasteiger partial charge >= 0.3 is 17.9 Å². The molecule has 0 bridgehead atoms. The molecule has 0 aromatic rings. The molecule has 0 saturated heterocycles. The molecule has 0 aromatic heterocycles. The van der Waals surface area contributed by atoms with Gasteiger partial charge < -0.3 is 14.2 Å². The van der Waals surface area contributed by atoms with Gasteiger partial charge in [-0.3, -0.25) is 14.4 Å². The first-order valence-electron chi connectivity index (χ1n) is 22.8. The zero-order valence-electron chi connectivity index (χ0n) is 35.9. The molecule has 0 amide bonds. The van der Waals surface area contributed by atoms with E-state index in [4.69, 9.17) is 14.2 Å². The molecule has 0 radical (unpaired) electrons. The number of allylic oxidation sites excluding steroid dienone is 10. The Morgan fingerprint density at radius 3 is 1.18 bits per heavy atom. The van der Waals surface area contributed by atoms with Gasteiger partial charge in [-0.05, 0) is 70.6 Å². The normalized spacial score (nSPS) is 12.6. The molecule has 0 aliphatic carbocycles. The van der Waals surface area contributed by atoms with Crippen LogP contribution in [0.5, 0.6) is 0 Å². The van der Waals surface area contributed by atoms with Crippen molar-refractivity contribution in [2.45, 2.75) is 219 Å². The van der Waals surface area contributed by atoms with Crippen molar-refractivity contribution in [2.75, 3.05) is 13.2 Å². The van der Waals surface area contributed by atoms with Crippen LogP contribution in [0.15, 0.2) is 60.8 Å². The van der Waals surface area contributed by atoms with Crippen molar-refractivity contribution in [3.8, 4) is 0 Å². The topological polar surface area (TPSA) is 78.9 Å². The molecule has 0 aromatic carbocycles. The fourth-order valence-electron chi connectivity index (χ4n) is 6.10. The lowest BCUT2D eigenvalue weighted by Crippen LogP contribution is -2.30. The van der Waals surface area contributed by atoms with Crippen LogP contribution in [0, 0.1) is 0 Å². The molecule has 6 heteroatoms. The number of hydrogen-bond acceptors (Lipinski definition) is 6. The smallest absolute Gasteiger partial charge is 0.306 e. The molecule has 0 aliphatic heterocycles. The van der Waals surface area contributed by atoms with E-state index in [2.05, 4.69) is 69.4 Å². The lowest BCUT2D eigenvalue weighted by Gasteiger charge is -2.18. The monoisotopic (exact) mass is 769 g/mol. The van der Waals surface area contributed by atoms with Crippen LogP contribution in [0.25, 0.3) is 0 Å². The highest BCUT2D eigenvalue weighted by Gasteiger charge is 2.19. The van der Waals surface area contributed by atoms with E-state index in [1.54, 1.807) is 0 Å². The summed E-state index contributed by atoms with van der Waals surface area (Å²) < 4.78 is 16.5. The van der Waals surface area contributed by atoms with Gasteiger partial charge in [-0.25, -0.2) is 0 Å². The summed E-state index contributed by atoms with van der Waals surface area (Å²) >= 11 is 0. The zero-order chi connectivity index (χ0) is 40.1. The molecule has 0 rings (SSSR count). The molecule has 0 spiro atoms. The van der Waals surface area contributed by atoms with Gasteiger partial charge in [0.1, 0.15) is 13.2 Å². The largest absolute Gasteiger partial charge is 0.462 e. The van der Waals surface area contributed by atoms with Crippen LogP contribution in [0.3, 0.4) is 0 Å². The maximum atomic E-state index is 12.6. The number of ether oxygens (including phenoxy) is 3. The Bertz CT molecular complexity index is 1020. The predicted molar refractivity (Wildman–Crippen MR) is 233 cm³/mol. The van der Waals surface area contributed by atoms with Crippen LogP contribution in [0.4, 0.5) is 0 Å². The van der Waals surface area contributed by atoms with Gasteiger partial charge in [0.05, 0.1) is 0 Å². The molecule has 6 nitrogen and oxygen atoms in total. The van der Waals surface area contributed by atoms with E-state index < -0.39 is 12.1 Å². The molecular weight excluding hydrogens is 685 g/mol. The summed E-state index contributed by atoms with van der Waals surface area (Å²) in [5, 5.41) is 0. The fraction of sp³-hybridized carbons (Fsp3) is 0.735. The summed E-state index contributed by atoms with van der Waals surface area (Å²) in [6.45, 7) is 6.38. The van der Waals surface area contributed by atoms with E-state index in [0.29, 0.717) is 19.3 Å². The van der Waals surface area contributed by atoms with E-state index in [-0.39, 0.29) is 31.6 Å². The van der Waals surface area contributed by atoms with Gasteiger partial charge in [0.15, 0.2) is 6.10 Å². The summed E-state index contributed by atoms with van der Waals surface area (Å²) in [7, 11) is 0. The van der Waals surface area contributed by atoms with Crippen LogP contribution in [-0.4, -0.2) is 37.2 Å². The quantitative estimate of drug-likeness (QED) is 0.0267. The van der Waals surface area contributed by atoms with Crippen molar-refractivity contribution in [1.29, 1.82) is 0 Å². The highest BCUT2D eigenvalue weighted by molar-refractivity contribution is 5.71. The van der Waals surface area contributed by atoms with Gasteiger partial charge in [-0.2, -0.15) is 0 Å². The first-order valence-corrected chi connectivity index (χ1v) is 22.8. The van der Waals surface area contributed by atoms with E-state index in [1.165, 1.54) is 103 Å². The number of esters is 3. The predicted octanol–water partition coefficient (Wildman–Crippen LogP) is 14.5. The van der Waals surface area contributed by atoms with Crippen molar-refractivity contribution in [2.24, 2.45) is 0 Å². The number of rotatable bonds is 40. The lowest BCUT2D eigenvalue weighted by atomic mass is 10.1. The Kier molecular flexibility index (Phi) is 41.5. The molecule has 0 heterocycles. The van der Waals surface area contributed by atoms with Gasteiger partial charge in [0.2, 0.25) is 0 Å². The molecule has 55 heavy (non-hydrogen) atoms. The minimum absolute atomic E-state index is 0.105. The molecule has 0 N–H and O–H groups in total. The molecule has 1 atom stereocenters. The summed E-state index contributed by atoms with van der Waals surface area (Å²) in [5.41, 5.74) is 0. The van der Waals surface area contributed by atoms with E-state index in [9.17, 15) is 14.4 Å². The van der Waals surface area contributed by atoms with Crippen molar-refractivity contribution in [1.82, 2.24) is 0 Å². The fourth-order valence-corrected chi connectivity index (χ4v) is 6.10. The van der Waals surface area contributed by atoms with Gasteiger partial charge in [-0.1, -0.05) is 184 Å². The summed E-state index contributed by atoms with van der Waals surface area (Å²) in [6.07, 6.45) is 52.4. The molecule has 316 valence electrons. The Morgan fingerprint density at radius 1 is 0.382 bits per heavy atom. The van der Waals surface area contributed by atoms with Crippen LogP contribution in [-0.2, 0) is 28.6 Å². The third-order valence-electron chi connectivity index (χ3n) is 9.52. The molecule has 0 aliphatic rings. The van der Waals surface area contributed by atoms with Crippen LogP contribution in [0.2, 0.25) is 0 Å². The van der Waals surface area contributed by atoms with Crippen molar-refractivity contribution in [3.63, 3.8) is 0 Å². The Hall–Kier alpha value is -2.89. The van der Waals surface area contributed by atoms with Crippen LogP contribution in [0.1, 0.15) is 213 Å². The number of hydrogen-bond donors (Lipinski definition) is 0. The molecular formula is C49H84O6. The summed E-state index contributed by atoms with van der Waals surface area (Å²) in [4.78, 5) is 37.5. The number of carbonyl (C=O) groups is 3. The first-order chi connectivity index (χ1) is 27.0. The number of carbonyl (C=O) groups excluding carboxylic acids is 3. The van der Waals surface area contributed by atoms with Crippen molar-refractivity contribution in [3.05, 3.63) is 60.8 Å². The molecule has 1 unspecified atom stereocenters. The first kappa shape index (κ1) is 52.1. The second-order valence-corrected chi connectivity index (χ2v) is 14.9. The Labute approximate surface area is 339 Å². The van der Waals surface area contributed by atoms with E-state index in [0.717, 1.165) is 64.2 Å². The third kappa shape index (κ3) is 42.1. The minimum Gasteiger partial charge on any atom is -0.462 e. The minimum atomic E-state index is -0.808. The standard InChI is InChI=1S/C49H84O6/c1-4-7-10-13-16-18-20-22-23-24-25-26-28-29-31-33-36-39-42-48(51)54-45-46(44-53-47(50)41-38-35-15-12-9-6-3)55-49(52)43-40-37-34-32-30-27-21-19-17-14-11-8-5-2/h8,11,17,19,23-24,27,30,34,37,46H,4-7,9-10,12-16,18,20-22,25-26,28-29,31-33,35-36,38-45H2,1-3H3/b11-8-,19-17-,24-23-,30-27-,37-34-. The zero-order valence-corrected chi connectivity index (χ0v) is 35.9. The van der Waals surface area contributed by atoms with E-state index >= 15 is 0 Å². The second-order valence-electron chi connectivity index (χ2n) is 14.9. The highest BCUT2D eigenvalue weighted by Crippen LogP contribution is 2.13. The van der Waals surface area contributed by atoms with Crippen LogP contribution < -0.4 is 0 Å². The molecule has 0 saturated carbocycles. The van der Waals surface area contributed by atoms with Gasteiger partial charge in [-0.15, -0.1) is 0 Å². The van der Waals surface area contributed by atoms with Crippen molar-refractivity contribution < 1.29 is 28.6 Å².